The normalized spacial score (nSPS) is 31.4. The van der Waals surface area contributed by atoms with Crippen molar-refractivity contribution in [3.8, 4) is 0 Å². The highest BCUT2D eigenvalue weighted by atomic mass is 16.5. The smallest absolute Gasteiger partial charge is 0.222 e. The van der Waals surface area contributed by atoms with Crippen LogP contribution in [0.1, 0.15) is 56.9 Å². The van der Waals surface area contributed by atoms with Gasteiger partial charge in [0.05, 0.1) is 5.60 Å². The van der Waals surface area contributed by atoms with Crippen molar-refractivity contribution in [3.63, 3.8) is 0 Å². The van der Waals surface area contributed by atoms with Gasteiger partial charge in [-0.05, 0) is 70.0 Å². The summed E-state index contributed by atoms with van der Waals surface area (Å²) in [6, 6.07) is 11.2. The summed E-state index contributed by atoms with van der Waals surface area (Å²) in [5.41, 5.74) is 1.34. The van der Waals surface area contributed by atoms with Crippen LogP contribution in [0.3, 0.4) is 0 Å². The topological polar surface area (TPSA) is 32.8 Å². The van der Waals surface area contributed by atoms with Gasteiger partial charge in [-0.1, -0.05) is 30.3 Å². The molecule has 1 saturated carbocycles. The minimum Gasteiger partial charge on any atom is -0.375 e. The second-order valence-corrected chi connectivity index (χ2v) is 8.75. The Bertz CT molecular complexity index is 621. The zero-order valence-corrected chi connectivity index (χ0v) is 16.7. The fraction of sp³-hybridized carbons (Fsp3) is 0.696. The van der Waals surface area contributed by atoms with E-state index in [1.165, 1.54) is 44.3 Å². The lowest BCUT2D eigenvalue weighted by Crippen LogP contribution is -2.58. The number of nitrogens with zero attached hydrogens (tertiary/aromatic N) is 2. The summed E-state index contributed by atoms with van der Waals surface area (Å²) in [5.74, 6) is 0.288. The minimum atomic E-state index is 0.0949. The van der Waals surface area contributed by atoms with Gasteiger partial charge in [0.15, 0.2) is 0 Å². The summed E-state index contributed by atoms with van der Waals surface area (Å²) in [5, 5.41) is 0. The third-order valence-corrected chi connectivity index (χ3v) is 7.08. The van der Waals surface area contributed by atoms with Gasteiger partial charge in [-0.15, -0.1) is 0 Å². The molecule has 2 aliphatic heterocycles. The standard InChI is InChI=1S/C23H34N2O2/c1-24(22(26)11-10-19-8-3-2-4-9-19)20-12-14-23(13-7-17-27-23)18-21(20)25-15-5-6-16-25/h2-4,8-9,20-21H,5-7,10-18H2,1H3/t20-,21-,23+/m0/s1. The number of aryl methyl sites for hydroxylation is 1. The maximum absolute atomic E-state index is 13.0. The van der Waals surface area contributed by atoms with Gasteiger partial charge in [-0.2, -0.15) is 0 Å². The van der Waals surface area contributed by atoms with Crippen LogP contribution in [0.5, 0.6) is 0 Å². The Morgan fingerprint density at radius 2 is 1.96 bits per heavy atom. The summed E-state index contributed by atoms with van der Waals surface area (Å²) in [6.07, 6.45) is 9.72. The second-order valence-electron chi connectivity index (χ2n) is 8.75. The first-order chi connectivity index (χ1) is 13.2. The van der Waals surface area contributed by atoms with E-state index in [2.05, 4.69) is 34.1 Å². The molecule has 4 nitrogen and oxygen atoms in total. The van der Waals surface area contributed by atoms with Gasteiger partial charge >= 0.3 is 0 Å². The Labute approximate surface area is 163 Å². The molecule has 1 aromatic rings. The largest absolute Gasteiger partial charge is 0.375 e. The molecular weight excluding hydrogens is 336 g/mol. The van der Waals surface area contributed by atoms with Gasteiger partial charge in [-0.25, -0.2) is 0 Å². The van der Waals surface area contributed by atoms with Gasteiger partial charge in [-0.3, -0.25) is 9.69 Å². The van der Waals surface area contributed by atoms with E-state index in [4.69, 9.17) is 4.74 Å². The highest BCUT2D eigenvalue weighted by Gasteiger charge is 2.47. The van der Waals surface area contributed by atoms with E-state index in [0.29, 0.717) is 18.5 Å². The van der Waals surface area contributed by atoms with Crippen LogP contribution >= 0.6 is 0 Å². The molecule has 1 spiro atoms. The molecular formula is C23H34N2O2. The van der Waals surface area contributed by atoms with Crippen molar-refractivity contribution in [2.24, 2.45) is 0 Å². The first-order valence-corrected chi connectivity index (χ1v) is 10.8. The van der Waals surface area contributed by atoms with E-state index in [9.17, 15) is 4.79 Å². The predicted octanol–water partition coefficient (Wildman–Crippen LogP) is 3.64. The van der Waals surface area contributed by atoms with Crippen LogP contribution in [0, 0.1) is 0 Å². The van der Waals surface area contributed by atoms with Gasteiger partial charge < -0.3 is 9.64 Å². The minimum absolute atomic E-state index is 0.0949. The maximum atomic E-state index is 13.0. The molecule has 3 fully saturated rings. The fourth-order valence-electron chi connectivity index (χ4n) is 5.49. The van der Waals surface area contributed by atoms with Crippen LogP contribution in [0.4, 0.5) is 0 Å². The molecule has 2 saturated heterocycles. The highest BCUT2D eigenvalue weighted by Crippen LogP contribution is 2.43. The van der Waals surface area contributed by atoms with Crippen molar-refractivity contribution in [3.05, 3.63) is 35.9 Å². The lowest BCUT2D eigenvalue weighted by molar-refractivity contribution is -0.137. The van der Waals surface area contributed by atoms with E-state index >= 15 is 0 Å². The number of benzene rings is 1. The van der Waals surface area contributed by atoms with Gasteiger partial charge in [0, 0.05) is 32.2 Å². The molecule has 1 amide bonds. The van der Waals surface area contributed by atoms with Crippen molar-refractivity contribution >= 4 is 5.91 Å². The molecule has 3 aliphatic rings. The Morgan fingerprint density at radius 1 is 1.19 bits per heavy atom. The van der Waals surface area contributed by atoms with Crippen molar-refractivity contribution in [2.75, 3.05) is 26.7 Å². The van der Waals surface area contributed by atoms with Crippen LogP contribution in [0.25, 0.3) is 0 Å². The van der Waals surface area contributed by atoms with Gasteiger partial charge in [0.1, 0.15) is 0 Å². The zero-order chi connectivity index (χ0) is 18.7. The summed E-state index contributed by atoms with van der Waals surface area (Å²) in [7, 11) is 2.04. The molecule has 1 aliphatic carbocycles. The third-order valence-electron chi connectivity index (χ3n) is 7.08. The quantitative estimate of drug-likeness (QED) is 0.793. The average Bonchev–Trinajstić information content (AvgIpc) is 3.39. The summed E-state index contributed by atoms with van der Waals surface area (Å²) >= 11 is 0. The molecule has 148 valence electrons. The second kappa shape index (κ2) is 8.32. The van der Waals surface area contributed by atoms with Crippen LogP contribution in [0.2, 0.25) is 0 Å². The molecule has 27 heavy (non-hydrogen) atoms. The molecule has 0 bridgehead atoms. The van der Waals surface area contributed by atoms with Crippen molar-refractivity contribution < 1.29 is 9.53 Å². The molecule has 2 heterocycles. The molecule has 4 heteroatoms. The SMILES string of the molecule is CN(C(=O)CCc1ccccc1)[C@H]1CC[C@]2(CCCO2)C[C@@H]1N1CCCC1. The van der Waals surface area contributed by atoms with E-state index in [1.807, 2.05) is 13.1 Å². The molecule has 3 atom stereocenters. The highest BCUT2D eigenvalue weighted by molar-refractivity contribution is 5.76. The van der Waals surface area contributed by atoms with Crippen LogP contribution in [0.15, 0.2) is 30.3 Å². The summed E-state index contributed by atoms with van der Waals surface area (Å²) < 4.78 is 6.23. The molecule has 0 radical (unpaired) electrons. The van der Waals surface area contributed by atoms with Gasteiger partial charge in [0.25, 0.3) is 0 Å². The molecule has 1 aromatic carbocycles. The number of hydrogen-bond acceptors (Lipinski definition) is 3. The van der Waals surface area contributed by atoms with E-state index in [1.54, 1.807) is 0 Å². The molecule has 0 unspecified atom stereocenters. The van der Waals surface area contributed by atoms with Gasteiger partial charge in [0.2, 0.25) is 5.91 Å². The van der Waals surface area contributed by atoms with Crippen molar-refractivity contribution in [1.82, 2.24) is 9.80 Å². The number of ether oxygens (including phenoxy) is 1. The zero-order valence-electron chi connectivity index (χ0n) is 16.7. The number of likely N-dealkylation sites (N-methyl/N-ethyl adjacent to an activating group) is 1. The first kappa shape index (κ1) is 18.9. The Morgan fingerprint density at radius 3 is 2.67 bits per heavy atom. The molecule has 0 N–H and O–H groups in total. The number of carbonyl (C=O) groups excluding carboxylic acids is 1. The Balaban J connectivity index is 1.42. The number of likely N-dealkylation sites (tertiary alicyclic amines) is 1. The Kier molecular flexibility index (Phi) is 5.84. The van der Waals surface area contributed by atoms with Crippen LogP contribution in [-0.4, -0.2) is 60.1 Å². The summed E-state index contributed by atoms with van der Waals surface area (Å²) in [6.45, 7) is 3.29. The van der Waals surface area contributed by atoms with Crippen molar-refractivity contribution in [2.45, 2.75) is 75.5 Å². The molecule has 0 aromatic heterocycles. The van der Waals surface area contributed by atoms with Crippen molar-refractivity contribution in [1.29, 1.82) is 0 Å². The predicted molar refractivity (Wildman–Crippen MR) is 108 cm³/mol. The lowest BCUT2D eigenvalue weighted by Gasteiger charge is -2.48. The number of rotatable bonds is 5. The van der Waals surface area contributed by atoms with Crippen LogP contribution < -0.4 is 0 Å². The molecule has 4 rings (SSSR count). The Hall–Kier alpha value is -1.39. The number of hydrogen-bond donors (Lipinski definition) is 0. The number of amides is 1. The fourth-order valence-corrected chi connectivity index (χ4v) is 5.49. The van der Waals surface area contributed by atoms with E-state index < -0.39 is 0 Å². The third kappa shape index (κ3) is 4.22. The average molecular weight is 371 g/mol. The number of carbonyl (C=O) groups is 1. The maximum Gasteiger partial charge on any atom is 0.222 e. The lowest BCUT2D eigenvalue weighted by atomic mass is 9.76. The summed E-state index contributed by atoms with van der Waals surface area (Å²) in [4.78, 5) is 17.7. The first-order valence-electron chi connectivity index (χ1n) is 10.8. The van der Waals surface area contributed by atoms with Crippen LogP contribution in [-0.2, 0) is 16.0 Å². The van der Waals surface area contributed by atoms with E-state index in [0.717, 1.165) is 32.3 Å². The van der Waals surface area contributed by atoms with E-state index in [-0.39, 0.29) is 11.5 Å². The monoisotopic (exact) mass is 370 g/mol.